The van der Waals surface area contributed by atoms with Gasteiger partial charge in [0.05, 0.1) is 25.0 Å². The SMILES string of the molecule is CC(C)(C)OC(=O)N1CC(O)(CN2CC(Cl)CC2=O)C1. The van der Waals surface area contributed by atoms with Crippen molar-refractivity contribution in [2.24, 2.45) is 0 Å². The third kappa shape index (κ3) is 3.55. The molecule has 7 heteroatoms. The fourth-order valence-corrected chi connectivity index (χ4v) is 2.75. The van der Waals surface area contributed by atoms with E-state index in [1.165, 1.54) is 4.90 Å². The minimum atomic E-state index is -1.05. The van der Waals surface area contributed by atoms with Crippen molar-refractivity contribution in [1.29, 1.82) is 0 Å². The zero-order valence-electron chi connectivity index (χ0n) is 12.1. The fraction of sp³-hybridized carbons (Fsp3) is 0.846. The molecule has 1 atom stereocenters. The topological polar surface area (TPSA) is 70.1 Å². The zero-order chi connectivity index (χ0) is 15.1. The van der Waals surface area contributed by atoms with Crippen LogP contribution in [-0.2, 0) is 9.53 Å². The average molecular weight is 305 g/mol. The summed E-state index contributed by atoms with van der Waals surface area (Å²) in [4.78, 5) is 26.4. The lowest BCUT2D eigenvalue weighted by atomic mass is 9.94. The Hall–Kier alpha value is -1.01. The van der Waals surface area contributed by atoms with E-state index in [9.17, 15) is 14.7 Å². The van der Waals surface area contributed by atoms with Crippen molar-refractivity contribution in [3.05, 3.63) is 0 Å². The second kappa shape index (κ2) is 5.07. The van der Waals surface area contributed by atoms with Gasteiger partial charge in [0.1, 0.15) is 11.2 Å². The normalized spacial score (nSPS) is 25.6. The maximum Gasteiger partial charge on any atom is 0.410 e. The summed E-state index contributed by atoms with van der Waals surface area (Å²) in [5.41, 5.74) is -1.60. The highest BCUT2D eigenvalue weighted by atomic mass is 35.5. The number of aliphatic hydroxyl groups is 1. The van der Waals surface area contributed by atoms with E-state index in [0.29, 0.717) is 13.0 Å². The molecule has 0 spiro atoms. The first-order chi connectivity index (χ1) is 9.08. The maximum atomic E-state index is 11.8. The molecular formula is C13H21ClN2O4. The van der Waals surface area contributed by atoms with E-state index in [0.717, 1.165) is 0 Å². The number of hydrogen-bond acceptors (Lipinski definition) is 4. The van der Waals surface area contributed by atoms with Crippen LogP contribution in [-0.4, -0.2) is 69.7 Å². The molecule has 0 aliphatic carbocycles. The standard InChI is InChI=1S/C13H21ClN2O4/c1-12(2,3)20-11(18)16-7-13(19,8-16)6-15-5-9(14)4-10(15)17/h9,19H,4-8H2,1-3H3. The van der Waals surface area contributed by atoms with Crippen LogP contribution in [0, 0.1) is 0 Å². The lowest BCUT2D eigenvalue weighted by Gasteiger charge is -2.47. The summed E-state index contributed by atoms with van der Waals surface area (Å²) < 4.78 is 5.22. The van der Waals surface area contributed by atoms with Gasteiger partial charge in [-0.25, -0.2) is 4.79 Å². The highest BCUT2D eigenvalue weighted by molar-refractivity contribution is 6.22. The van der Waals surface area contributed by atoms with E-state index in [4.69, 9.17) is 16.3 Å². The summed E-state index contributed by atoms with van der Waals surface area (Å²) >= 11 is 5.91. The van der Waals surface area contributed by atoms with Crippen LogP contribution in [0.25, 0.3) is 0 Å². The Balaban J connectivity index is 1.82. The van der Waals surface area contributed by atoms with Crippen LogP contribution >= 0.6 is 11.6 Å². The first kappa shape index (κ1) is 15.4. The molecular weight excluding hydrogens is 284 g/mol. The second-order valence-electron chi connectivity index (χ2n) is 6.64. The number of alkyl halides is 1. The predicted molar refractivity (Wildman–Crippen MR) is 73.6 cm³/mol. The lowest BCUT2D eigenvalue weighted by Crippen LogP contribution is -2.68. The van der Waals surface area contributed by atoms with E-state index in [2.05, 4.69) is 0 Å². The molecule has 2 fully saturated rings. The number of ether oxygens (including phenoxy) is 1. The number of amides is 2. The Morgan fingerprint density at radius 3 is 2.55 bits per heavy atom. The van der Waals surface area contributed by atoms with Crippen LogP contribution in [0.2, 0.25) is 0 Å². The molecule has 2 amide bonds. The van der Waals surface area contributed by atoms with Gasteiger partial charge in [0.15, 0.2) is 0 Å². The van der Waals surface area contributed by atoms with Gasteiger partial charge >= 0.3 is 6.09 Å². The minimum Gasteiger partial charge on any atom is -0.444 e. The molecule has 0 aromatic carbocycles. The van der Waals surface area contributed by atoms with Crippen LogP contribution in [0.1, 0.15) is 27.2 Å². The quantitative estimate of drug-likeness (QED) is 0.766. The number of nitrogens with zero attached hydrogens (tertiary/aromatic N) is 2. The van der Waals surface area contributed by atoms with Gasteiger partial charge in [-0.1, -0.05) is 0 Å². The minimum absolute atomic E-state index is 0.0471. The molecule has 0 aromatic rings. The number of carbonyl (C=O) groups excluding carboxylic acids is 2. The molecule has 114 valence electrons. The molecule has 2 aliphatic rings. The van der Waals surface area contributed by atoms with Crippen LogP contribution in [0.3, 0.4) is 0 Å². The van der Waals surface area contributed by atoms with Gasteiger partial charge in [-0.05, 0) is 20.8 Å². The number of likely N-dealkylation sites (tertiary alicyclic amines) is 2. The average Bonchev–Trinajstić information content (AvgIpc) is 2.51. The summed E-state index contributed by atoms with van der Waals surface area (Å²) in [7, 11) is 0. The predicted octanol–water partition coefficient (Wildman–Crippen LogP) is 0.808. The molecule has 0 radical (unpaired) electrons. The Kier molecular flexibility index (Phi) is 3.90. The molecule has 2 aliphatic heterocycles. The monoisotopic (exact) mass is 304 g/mol. The van der Waals surface area contributed by atoms with Crippen molar-refractivity contribution in [3.8, 4) is 0 Å². The summed E-state index contributed by atoms with van der Waals surface area (Å²) in [6.07, 6.45) is -0.127. The first-order valence-corrected chi connectivity index (χ1v) is 7.14. The molecule has 2 saturated heterocycles. The van der Waals surface area contributed by atoms with Crippen LogP contribution < -0.4 is 0 Å². The van der Waals surface area contributed by atoms with Crippen molar-refractivity contribution in [2.75, 3.05) is 26.2 Å². The van der Waals surface area contributed by atoms with Crippen molar-refractivity contribution in [3.63, 3.8) is 0 Å². The molecule has 2 rings (SSSR count). The van der Waals surface area contributed by atoms with Gasteiger partial charge < -0.3 is 19.6 Å². The maximum absolute atomic E-state index is 11.8. The second-order valence-corrected chi connectivity index (χ2v) is 7.25. The summed E-state index contributed by atoms with van der Waals surface area (Å²) in [6, 6.07) is 0. The van der Waals surface area contributed by atoms with Gasteiger partial charge in [-0.3, -0.25) is 4.79 Å². The van der Waals surface area contributed by atoms with Crippen molar-refractivity contribution < 1.29 is 19.4 Å². The molecule has 20 heavy (non-hydrogen) atoms. The van der Waals surface area contributed by atoms with Gasteiger partial charge in [-0.15, -0.1) is 11.6 Å². The smallest absolute Gasteiger partial charge is 0.410 e. The number of hydrogen-bond donors (Lipinski definition) is 1. The van der Waals surface area contributed by atoms with Crippen molar-refractivity contribution in [2.45, 2.75) is 43.8 Å². The number of halogens is 1. The van der Waals surface area contributed by atoms with E-state index in [1.54, 1.807) is 25.7 Å². The fourth-order valence-electron chi connectivity index (χ4n) is 2.45. The molecule has 1 N–H and O–H groups in total. The summed E-state index contributed by atoms with van der Waals surface area (Å²) in [5.74, 6) is -0.0471. The first-order valence-electron chi connectivity index (χ1n) is 6.70. The van der Waals surface area contributed by atoms with Crippen molar-refractivity contribution in [1.82, 2.24) is 9.80 Å². The third-order valence-corrected chi connectivity index (χ3v) is 3.57. The molecule has 0 aromatic heterocycles. The number of rotatable bonds is 2. The molecule has 0 saturated carbocycles. The van der Waals surface area contributed by atoms with Gasteiger partial charge in [-0.2, -0.15) is 0 Å². The van der Waals surface area contributed by atoms with Gasteiger partial charge in [0, 0.05) is 13.0 Å². The van der Waals surface area contributed by atoms with Gasteiger partial charge in [0.25, 0.3) is 0 Å². The van der Waals surface area contributed by atoms with Gasteiger partial charge in [0.2, 0.25) is 5.91 Å². The van der Waals surface area contributed by atoms with E-state index in [1.807, 2.05) is 0 Å². The molecule has 6 nitrogen and oxygen atoms in total. The Morgan fingerprint density at radius 1 is 1.50 bits per heavy atom. The third-order valence-electron chi connectivity index (χ3n) is 3.27. The van der Waals surface area contributed by atoms with E-state index >= 15 is 0 Å². The highest BCUT2D eigenvalue weighted by Gasteiger charge is 2.47. The Labute approximate surface area is 123 Å². The van der Waals surface area contributed by atoms with Crippen LogP contribution in [0.5, 0.6) is 0 Å². The number of β-amino-alcohol motifs (C(OH)–C–C–N with tert-alkyl or cyclic N) is 1. The highest BCUT2D eigenvalue weighted by Crippen LogP contribution is 2.27. The van der Waals surface area contributed by atoms with Crippen molar-refractivity contribution >= 4 is 23.6 Å². The van der Waals surface area contributed by atoms with Crippen LogP contribution in [0.4, 0.5) is 4.79 Å². The Morgan fingerprint density at radius 2 is 2.10 bits per heavy atom. The summed E-state index contributed by atoms with van der Waals surface area (Å²) in [6.45, 7) is 6.40. The zero-order valence-corrected chi connectivity index (χ0v) is 12.8. The number of carbonyl (C=O) groups is 2. The van der Waals surface area contributed by atoms with Crippen LogP contribution in [0.15, 0.2) is 0 Å². The Bertz CT molecular complexity index is 415. The molecule has 1 unspecified atom stereocenters. The lowest BCUT2D eigenvalue weighted by molar-refractivity contribution is -0.139. The molecule has 2 heterocycles. The summed E-state index contributed by atoms with van der Waals surface area (Å²) in [5, 5.41) is 10.1. The van der Waals surface area contributed by atoms with E-state index in [-0.39, 0.29) is 30.9 Å². The molecule has 0 bridgehead atoms. The largest absolute Gasteiger partial charge is 0.444 e. The van der Waals surface area contributed by atoms with E-state index < -0.39 is 17.3 Å².